The molecule has 0 aliphatic heterocycles. The number of hydrogen-bond acceptors (Lipinski definition) is 4. The number of rotatable bonds is 9. The van der Waals surface area contributed by atoms with Crippen LogP contribution in [0.5, 0.6) is 0 Å². The third kappa shape index (κ3) is 9.42. The fourth-order valence-electron chi connectivity index (χ4n) is 1.29. The summed E-state index contributed by atoms with van der Waals surface area (Å²) in [6.45, 7) is 0. The third-order valence-corrected chi connectivity index (χ3v) is 2.21. The first-order valence-corrected chi connectivity index (χ1v) is 5.22. The van der Waals surface area contributed by atoms with Crippen LogP contribution in [0.15, 0.2) is 0 Å². The van der Waals surface area contributed by atoms with Gasteiger partial charge in [0, 0.05) is 19.3 Å². The maximum Gasteiger partial charge on any atom is 0.303 e. The van der Waals surface area contributed by atoms with Gasteiger partial charge in [0.15, 0.2) is 5.79 Å². The van der Waals surface area contributed by atoms with Crippen LogP contribution >= 0.6 is 0 Å². The molecule has 6 heteroatoms. The van der Waals surface area contributed by atoms with E-state index in [1.165, 1.54) is 0 Å². The maximum absolute atomic E-state index is 10.2. The average molecular weight is 234 g/mol. The van der Waals surface area contributed by atoms with Crippen molar-refractivity contribution in [3.8, 4) is 0 Å². The first-order chi connectivity index (χ1) is 7.33. The van der Waals surface area contributed by atoms with Crippen molar-refractivity contribution in [1.82, 2.24) is 0 Å². The van der Waals surface area contributed by atoms with Crippen LogP contribution in [0.4, 0.5) is 0 Å². The van der Waals surface area contributed by atoms with Crippen molar-refractivity contribution >= 4 is 11.9 Å². The van der Waals surface area contributed by atoms with Crippen LogP contribution in [0, 0.1) is 0 Å². The fraction of sp³-hybridized carbons (Fsp3) is 0.800. The first-order valence-electron chi connectivity index (χ1n) is 5.22. The SMILES string of the molecule is O=C(O)CCCCCC(O)(O)CCC(=O)O. The van der Waals surface area contributed by atoms with Crippen molar-refractivity contribution in [2.75, 3.05) is 0 Å². The van der Waals surface area contributed by atoms with Crippen molar-refractivity contribution in [2.45, 2.75) is 50.7 Å². The van der Waals surface area contributed by atoms with Crippen LogP contribution in [-0.2, 0) is 9.59 Å². The normalized spacial score (nSPS) is 11.4. The number of aliphatic carboxylic acids is 2. The molecule has 0 rings (SSSR count). The van der Waals surface area contributed by atoms with Crippen molar-refractivity contribution in [2.24, 2.45) is 0 Å². The Morgan fingerprint density at radius 2 is 1.38 bits per heavy atom. The molecule has 4 N–H and O–H groups in total. The molecule has 0 aromatic rings. The molecule has 0 amide bonds. The smallest absolute Gasteiger partial charge is 0.303 e. The zero-order valence-corrected chi connectivity index (χ0v) is 9.06. The number of carbonyl (C=O) groups is 2. The van der Waals surface area contributed by atoms with Gasteiger partial charge in [-0.3, -0.25) is 9.59 Å². The molecule has 0 unspecified atom stereocenters. The number of carboxylic acids is 2. The molecule has 0 saturated heterocycles. The minimum Gasteiger partial charge on any atom is -0.481 e. The summed E-state index contributed by atoms with van der Waals surface area (Å²) < 4.78 is 0. The highest BCUT2D eigenvalue weighted by molar-refractivity contribution is 5.66. The highest BCUT2D eigenvalue weighted by Gasteiger charge is 2.23. The highest BCUT2D eigenvalue weighted by atomic mass is 16.5. The van der Waals surface area contributed by atoms with Gasteiger partial charge in [-0.05, 0) is 12.8 Å². The van der Waals surface area contributed by atoms with Gasteiger partial charge in [-0.1, -0.05) is 6.42 Å². The summed E-state index contributed by atoms with van der Waals surface area (Å²) in [6, 6.07) is 0. The van der Waals surface area contributed by atoms with Crippen LogP contribution in [0.3, 0.4) is 0 Å². The van der Waals surface area contributed by atoms with E-state index in [9.17, 15) is 19.8 Å². The van der Waals surface area contributed by atoms with Gasteiger partial charge in [0.2, 0.25) is 0 Å². The summed E-state index contributed by atoms with van der Waals surface area (Å²) in [6.07, 6.45) is 1.19. The van der Waals surface area contributed by atoms with E-state index in [0.717, 1.165) is 0 Å². The Balaban J connectivity index is 3.57. The number of carboxylic acid groups (broad SMARTS) is 2. The van der Waals surface area contributed by atoms with Gasteiger partial charge in [0.05, 0.1) is 6.42 Å². The van der Waals surface area contributed by atoms with Crippen LogP contribution in [-0.4, -0.2) is 38.2 Å². The lowest BCUT2D eigenvalue weighted by Gasteiger charge is -2.20. The summed E-state index contributed by atoms with van der Waals surface area (Å²) in [4.78, 5) is 20.4. The predicted octanol–water partition coefficient (Wildman–Crippen LogP) is 0.567. The second-order valence-electron chi connectivity index (χ2n) is 3.83. The lowest BCUT2D eigenvalue weighted by Crippen LogP contribution is -2.28. The van der Waals surface area contributed by atoms with Gasteiger partial charge in [-0.15, -0.1) is 0 Å². The Hall–Kier alpha value is -1.14. The van der Waals surface area contributed by atoms with Gasteiger partial charge < -0.3 is 20.4 Å². The Morgan fingerprint density at radius 1 is 0.812 bits per heavy atom. The number of aliphatic hydroxyl groups is 2. The molecule has 94 valence electrons. The largest absolute Gasteiger partial charge is 0.481 e. The molecule has 0 aromatic heterocycles. The Bertz CT molecular complexity index is 235. The molecule has 0 saturated carbocycles. The lowest BCUT2D eigenvalue weighted by molar-refractivity contribution is -0.176. The standard InChI is InChI=1S/C10H18O6/c11-8(12)4-2-1-3-6-10(15,16)7-5-9(13)14/h15-16H,1-7H2,(H,11,12)(H,13,14). The zero-order valence-electron chi connectivity index (χ0n) is 9.06. The molecule has 0 bridgehead atoms. The quantitative estimate of drug-likeness (QED) is 0.342. The molecule has 0 aromatic carbocycles. The maximum atomic E-state index is 10.2. The predicted molar refractivity (Wildman–Crippen MR) is 54.8 cm³/mol. The Labute approximate surface area is 93.5 Å². The second-order valence-corrected chi connectivity index (χ2v) is 3.83. The van der Waals surface area contributed by atoms with E-state index in [-0.39, 0.29) is 25.7 Å². The second kappa shape index (κ2) is 7.19. The van der Waals surface area contributed by atoms with Gasteiger partial charge >= 0.3 is 11.9 Å². The van der Waals surface area contributed by atoms with Gasteiger partial charge in [0.25, 0.3) is 0 Å². The minimum atomic E-state index is -1.96. The molecular weight excluding hydrogens is 216 g/mol. The van der Waals surface area contributed by atoms with Crippen LogP contribution in [0.25, 0.3) is 0 Å². The summed E-state index contributed by atoms with van der Waals surface area (Å²) in [5.74, 6) is -3.90. The summed E-state index contributed by atoms with van der Waals surface area (Å²) in [5, 5.41) is 35.4. The fourth-order valence-corrected chi connectivity index (χ4v) is 1.29. The molecule has 16 heavy (non-hydrogen) atoms. The monoisotopic (exact) mass is 234 g/mol. The Kier molecular flexibility index (Phi) is 6.67. The molecule has 0 atom stereocenters. The van der Waals surface area contributed by atoms with Crippen molar-refractivity contribution in [3.63, 3.8) is 0 Å². The van der Waals surface area contributed by atoms with E-state index >= 15 is 0 Å². The van der Waals surface area contributed by atoms with Crippen molar-refractivity contribution in [1.29, 1.82) is 0 Å². The van der Waals surface area contributed by atoms with Crippen LogP contribution < -0.4 is 0 Å². The molecule has 0 heterocycles. The lowest BCUT2D eigenvalue weighted by atomic mass is 10.0. The van der Waals surface area contributed by atoms with Crippen LogP contribution in [0.2, 0.25) is 0 Å². The van der Waals surface area contributed by atoms with Gasteiger partial charge in [-0.2, -0.15) is 0 Å². The van der Waals surface area contributed by atoms with Crippen molar-refractivity contribution in [3.05, 3.63) is 0 Å². The highest BCUT2D eigenvalue weighted by Crippen LogP contribution is 2.18. The molecule has 6 nitrogen and oxygen atoms in total. The van der Waals surface area contributed by atoms with Gasteiger partial charge in [0.1, 0.15) is 0 Å². The number of unbranched alkanes of at least 4 members (excludes halogenated alkanes) is 2. The third-order valence-electron chi connectivity index (χ3n) is 2.21. The van der Waals surface area contributed by atoms with E-state index in [4.69, 9.17) is 10.2 Å². The van der Waals surface area contributed by atoms with Crippen molar-refractivity contribution < 1.29 is 30.0 Å². The zero-order chi connectivity index (χ0) is 12.6. The van der Waals surface area contributed by atoms with Crippen LogP contribution in [0.1, 0.15) is 44.9 Å². The topological polar surface area (TPSA) is 115 Å². The summed E-state index contributed by atoms with van der Waals surface area (Å²) >= 11 is 0. The minimum absolute atomic E-state index is 0.0684. The van der Waals surface area contributed by atoms with E-state index in [2.05, 4.69) is 0 Å². The number of hydrogen-bond donors (Lipinski definition) is 4. The molecule has 0 spiro atoms. The summed E-state index contributed by atoms with van der Waals surface area (Å²) in [7, 11) is 0. The summed E-state index contributed by atoms with van der Waals surface area (Å²) in [5.41, 5.74) is 0. The average Bonchev–Trinajstić information content (AvgIpc) is 2.14. The molecule has 0 fully saturated rings. The molecule has 0 aliphatic rings. The van der Waals surface area contributed by atoms with E-state index < -0.39 is 17.7 Å². The first kappa shape index (κ1) is 14.9. The molecule has 0 radical (unpaired) electrons. The van der Waals surface area contributed by atoms with Gasteiger partial charge in [-0.25, -0.2) is 0 Å². The van der Waals surface area contributed by atoms with E-state index in [0.29, 0.717) is 19.3 Å². The molecular formula is C10H18O6. The Morgan fingerprint density at radius 3 is 1.88 bits per heavy atom. The van der Waals surface area contributed by atoms with E-state index in [1.807, 2.05) is 0 Å². The molecule has 0 aliphatic carbocycles. The van der Waals surface area contributed by atoms with E-state index in [1.54, 1.807) is 0 Å².